The van der Waals surface area contributed by atoms with E-state index in [-0.39, 0.29) is 26.7 Å². The first-order valence-electron chi connectivity index (χ1n) is 10.2. The molecule has 1 amide bonds. The standard InChI is InChI=1S/C22H23ClN2O7S/c1-31-21(27)16-7-3-4-8-19(16)24-20(26)14-32-22(28)17-13-15(9-10-18(17)23)33(29,30)25-11-5-2-6-12-25/h3-4,7-10,13H,2,5-6,11-12,14H2,1H3,(H,24,26). The fourth-order valence-corrected chi connectivity index (χ4v) is 5.09. The number of esters is 2. The average molecular weight is 495 g/mol. The summed E-state index contributed by atoms with van der Waals surface area (Å²) >= 11 is 6.08. The normalized spacial score (nSPS) is 14.4. The lowest BCUT2D eigenvalue weighted by Gasteiger charge is -2.26. The van der Waals surface area contributed by atoms with Gasteiger partial charge < -0.3 is 14.8 Å². The van der Waals surface area contributed by atoms with E-state index in [0.717, 1.165) is 25.3 Å². The van der Waals surface area contributed by atoms with E-state index in [1.54, 1.807) is 12.1 Å². The van der Waals surface area contributed by atoms with Gasteiger partial charge in [-0.25, -0.2) is 18.0 Å². The van der Waals surface area contributed by atoms with Gasteiger partial charge in [0.15, 0.2) is 6.61 Å². The van der Waals surface area contributed by atoms with Crippen molar-refractivity contribution in [2.24, 2.45) is 0 Å². The number of anilines is 1. The van der Waals surface area contributed by atoms with Crippen LogP contribution in [-0.4, -0.2) is 57.4 Å². The van der Waals surface area contributed by atoms with E-state index >= 15 is 0 Å². The highest BCUT2D eigenvalue weighted by atomic mass is 35.5. The monoisotopic (exact) mass is 494 g/mol. The van der Waals surface area contributed by atoms with Gasteiger partial charge in [0, 0.05) is 13.1 Å². The number of rotatable bonds is 7. The van der Waals surface area contributed by atoms with Crippen LogP contribution in [0.15, 0.2) is 47.4 Å². The van der Waals surface area contributed by atoms with Crippen molar-refractivity contribution in [3.8, 4) is 0 Å². The number of hydrogen-bond donors (Lipinski definition) is 1. The zero-order chi connectivity index (χ0) is 24.0. The molecule has 176 valence electrons. The molecule has 1 N–H and O–H groups in total. The lowest BCUT2D eigenvalue weighted by Crippen LogP contribution is -2.35. The topological polar surface area (TPSA) is 119 Å². The quantitative estimate of drug-likeness (QED) is 0.587. The molecule has 1 heterocycles. The largest absolute Gasteiger partial charge is 0.465 e. The van der Waals surface area contributed by atoms with Gasteiger partial charge in [-0.05, 0) is 43.2 Å². The molecule has 2 aromatic carbocycles. The van der Waals surface area contributed by atoms with E-state index in [9.17, 15) is 22.8 Å². The van der Waals surface area contributed by atoms with Crippen LogP contribution in [0.5, 0.6) is 0 Å². The average Bonchev–Trinajstić information content (AvgIpc) is 2.83. The fourth-order valence-electron chi connectivity index (χ4n) is 3.35. The second-order valence-electron chi connectivity index (χ2n) is 7.27. The SMILES string of the molecule is COC(=O)c1ccccc1NC(=O)COC(=O)c1cc(S(=O)(=O)N2CCCCC2)ccc1Cl. The van der Waals surface area contributed by atoms with Crippen LogP contribution >= 0.6 is 11.6 Å². The molecule has 11 heteroatoms. The molecular formula is C22H23ClN2O7S. The highest BCUT2D eigenvalue weighted by molar-refractivity contribution is 7.89. The second-order valence-corrected chi connectivity index (χ2v) is 9.61. The smallest absolute Gasteiger partial charge is 0.340 e. The zero-order valence-electron chi connectivity index (χ0n) is 17.9. The van der Waals surface area contributed by atoms with Crippen molar-refractivity contribution in [1.29, 1.82) is 0 Å². The van der Waals surface area contributed by atoms with E-state index in [0.29, 0.717) is 13.1 Å². The minimum Gasteiger partial charge on any atom is -0.465 e. The molecular weight excluding hydrogens is 472 g/mol. The van der Waals surface area contributed by atoms with Crippen molar-refractivity contribution in [2.75, 3.05) is 32.1 Å². The fraction of sp³-hybridized carbons (Fsp3) is 0.318. The number of piperidine rings is 1. The molecule has 1 aliphatic heterocycles. The molecule has 0 aromatic heterocycles. The number of nitrogens with one attached hydrogen (secondary N) is 1. The zero-order valence-corrected chi connectivity index (χ0v) is 19.4. The summed E-state index contributed by atoms with van der Waals surface area (Å²) in [6.45, 7) is 0.156. The van der Waals surface area contributed by atoms with Gasteiger partial charge in [-0.1, -0.05) is 30.2 Å². The Labute approximate surface area is 196 Å². The first kappa shape index (κ1) is 24.7. The van der Waals surface area contributed by atoms with Gasteiger partial charge in [-0.15, -0.1) is 0 Å². The molecule has 0 spiro atoms. The molecule has 1 aliphatic rings. The van der Waals surface area contributed by atoms with Gasteiger partial charge in [0.2, 0.25) is 10.0 Å². The number of halogens is 1. The number of benzene rings is 2. The summed E-state index contributed by atoms with van der Waals surface area (Å²) in [4.78, 5) is 36.5. The molecule has 0 radical (unpaired) electrons. The maximum absolute atomic E-state index is 12.9. The predicted molar refractivity (Wildman–Crippen MR) is 121 cm³/mol. The Bertz CT molecular complexity index is 1160. The second kappa shape index (κ2) is 10.8. The summed E-state index contributed by atoms with van der Waals surface area (Å²) < 4.78 is 36.8. The maximum atomic E-state index is 12.9. The summed E-state index contributed by atoms with van der Waals surface area (Å²) in [5, 5.41) is 2.47. The predicted octanol–water partition coefficient (Wildman–Crippen LogP) is 3.10. The first-order chi connectivity index (χ1) is 15.7. The van der Waals surface area contributed by atoms with Gasteiger partial charge in [-0.2, -0.15) is 4.31 Å². The van der Waals surface area contributed by atoms with E-state index < -0.39 is 34.5 Å². The van der Waals surface area contributed by atoms with Crippen LogP contribution < -0.4 is 5.32 Å². The molecule has 0 atom stereocenters. The number of hydrogen-bond acceptors (Lipinski definition) is 7. The molecule has 2 aromatic rings. The van der Waals surface area contributed by atoms with Crippen LogP contribution in [0.2, 0.25) is 5.02 Å². The Kier molecular flexibility index (Phi) is 8.06. The number of nitrogens with zero attached hydrogens (tertiary/aromatic N) is 1. The summed E-state index contributed by atoms with van der Waals surface area (Å²) in [6, 6.07) is 9.98. The van der Waals surface area contributed by atoms with Crippen LogP contribution in [0, 0.1) is 0 Å². The molecule has 0 aliphatic carbocycles. The molecule has 0 saturated carbocycles. The van der Waals surface area contributed by atoms with Crippen molar-refractivity contribution in [3.05, 3.63) is 58.6 Å². The Morgan fingerprint density at radius 3 is 2.39 bits per heavy atom. The van der Waals surface area contributed by atoms with Crippen molar-refractivity contribution >= 4 is 45.2 Å². The Morgan fingerprint density at radius 1 is 1.00 bits per heavy atom. The third-order valence-corrected chi connectivity index (χ3v) is 7.28. The third-order valence-electron chi connectivity index (χ3n) is 5.05. The first-order valence-corrected chi connectivity index (χ1v) is 12.0. The highest BCUT2D eigenvalue weighted by Gasteiger charge is 2.27. The summed E-state index contributed by atoms with van der Waals surface area (Å²) in [5.74, 6) is -2.29. The molecule has 1 saturated heterocycles. The highest BCUT2D eigenvalue weighted by Crippen LogP contribution is 2.25. The summed E-state index contributed by atoms with van der Waals surface area (Å²) in [6.07, 6.45) is 2.52. The van der Waals surface area contributed by atoms with E-state index in [2.05, 4.69) is 10.1 Å². The van der Waals surface area contributed by atoms with E-state index in [4.69, 9.17) is 16.3 Å². The summed E-state index contributed by atoms with van der Waals surface area (Å²) in [7, 11) is -2.56. The number of sulfonamides is 1. The van der Waals surface area contributed by atoms with Gasteiger partial charge >= 0.3 is 11.9 Å². The number of amides is 1. The number of para-hydroxylation sites is 1. The lowest BCUT2D eigenvalue weighted by molar-refractivity contribution is -0.119. The van der Waals surface area contributed by atoms with Gasteiger partial charge in [-0.3, -0.25) is 4.79 Å². The van der Waals surface area contributed by atoms with Crippen LogP contribution in [0.4, 0.5) is 5.69 Å². The van der Waals surface area contributed by atoms with Gasteiger partial charge in [0.1, 0.15) is 0 Å². The van der Waals surface area contributed by atoms with Gasteiger partial charge in [0.25, 0.3) is 5.91 Å². The third kappa shape index (κ3) is 5.89. The van der Waals surface area contributed by atoms with Crippen LogP contribution in [0.3, 0.4) is 0 Å². The molecule has 9 nitrogen and oxygen atoms in total. The van der Waals surface area contributed by atoms with Crippen LogP contribution in [0.1, 0.15) is 40.0 Å². The number of ether oxygens (including phenoxy) is 2. The molecule has 33 heavy (non-hydrogen) atoms. The molecule has 0 bridgehead atoms. The Morgan fingerprint density at radius 2 is 1.70 bits per heavy atom. The number of carbonyl (C=O) groups excluding carboxylic acids is 3. The Hall–Kier alpha value is -2.95. The molecule has 0 unspecified atom stereocenters. The van der Waals surface area contributed by atoms with E-state index in [1.807, 2.05) is 0 Å². The van der Waals surface area contributed by atoms with E-state index in [1.165, 1.54) is 35.7 Å². The molecule has 1 fully saturated rings. The van der Waals surface area contributed by atoms with Crippen molar-refractivity contribution in [3.63, 3.8) is 0 Å². The maximum Gasteiger partial charge on any atom is 0.340 e. The van der Waals surface area contributed by atoms with Crippen LogP contribution in [-0.2, 0) is 24.3 Å². The lowest BCUT2D eigenvalue weighted by atomic mass is 10.2. The van der Waals surface area contributed by atoms with Crippen molar-refractivity contribution < 1.29 is 32.3 Å². The molecule has 3 rings (SSSR count). The minimum absolute atomic E-state index is 0.00552. The number of carbonyl (C=O) groups is 3. The van der Waals surface area contributed by atoms with Crippen molar-refractivity contribution in [1.82, 2.24) is 4.31 Å². The summed E-state index contributed by atoms with van der Waals surface area (Å²) in [5.41, 5.74) is 0.161. The Balaban J connectivity index is 1.69. The van der Waals surface area contributed by atoms with Gasteiger partial charge in [0.05, 0.1) is 33.8 Å². The number of methoxy groups -OCH3 is 1. The van der Waals surface area contributed by atoms with Crippen molar-refractivity contribution in [2.45, 2.75) is 24.2 Å². The van der Waals surface area contributed by atoms with Crippen LogP contribution in [0.25, 0.3) is 0 Å². The minimum atomic E-state index is -3.78.